The fourth-order valence-corrected chi connectivity index (χ4v) is 1.47. The third-order valence-electron chi connectivity index (χ3n) is 2.17. The van der Waals surface area contributed by atoms with Gasteiger partial charge in [-0.25, -0.2) is 0 Å². The van der Waals surface area contributed by atoms with Crippen molar-refractivity contribution >= 4 is 12.2 Å². The number of ether oxygens (including phenoxy) is 1. The number of aldehydes is 1. The maximum absolute atomic E-state index is 11.4. The number of amides is 1. The monoisotopic (exact) mass is 235 g/mol. The molecular formula is C13H17NO3. The van der Waals surface area contributed by atoms with Gasteiger partial charge >= 0.3 is 0 Å². The van der Waals surface area contributed by atoms with Crippen LogP contribution in [0.4, 0.5) is 0 Å². The molecule has 1 N–H and O–H groups in total. The van der Waals surface area contributed by atoms with E-state index in [2.05, 4.69) is 5.32 Å². The van der Waals surface area contributed by atoms with Gasteiger partial charge in [0.2, 0.25) is 0 Å². The number of benzene rings is 1. The van der Waals surface area contributed by atoms with Crippen molar-refractivity contribution in [3.05, 3.63) is 29.3 Å². The molecule has 4 nitrogen and oxygen atoms in total. The molecule has 1 rings (SSSR count). The molecule has 0 aromatic heterocycles. The molecule has 0 saturated carbocycles. The van der Waals surface area contributed by atoms with Crippen LogP contribution in [-0.4, -0.2) is 24.8 Å². The molecule has 1 aromatic carbocycles. The van der Waals surface area contributed by atoms with Crippen LogP contribution in [0.5, 0.6) is 5.75 Å². The molecule has 0 bridgehead atoms. The first-order valence-electron chi connectivity index (χ1n) is 5.51. The Bertz CT molecular complexity index is 413. The minimum absolute atomic E-state index is 0.0773. The Hall–Kier alpha value is -1.84. The topological polar surface area (TPSA) is 55.4 Å². The van der Waals surface area contributed by atoms with E-state index in [0.717, 1.165) is 11.8 Å². The predicted molar refractivity (Wildman–Crippen MR) is 65.3 cm³/mol. The summed E-state index contributed by atoms with van der Waals surface area (Å²) < 4.78 is 5.38. The van der Waals surface area contributed by atoms with Gasteiger partial charge < -0.3 is 10.1 Å². The lowest BCUT2D eigenvalue weighted by molar-refractivity contribution is -0.123. The molecule has 0 saturated heterocycles. The van der Waals surface area contributed by atoms with Gasteiger partial charge in [-0.3, -0.25) is 9.59 Å². The molecule has 17 heavy (non-hydrogen) atoms. The van der Waals surface area contributed by atoms with Gasteiger partial charge in [-0.05, 0) is 32.4 Å². The van der Waals surface area contributed by atoms with Crippen LogP contribution in [0, 0.1) is 6.92 Å². The number of para-hydroxylation sites is 1. The van der Waals surface area contributed by atoms with Crippen LogP contribution in [0.15, 0.2) is 18.2 Å². The fourth-order valence-electron chi connectivity index (χ4n) is 1.47. The number of hydrogen-bond acceptors (Lipinski definition) is 3. The zero-order valence-corrected chi connectivity index (χ0v) is 10.3. The predicted octanol–water partition coefficient (Wildman–Crippen LogP) is 1.71. The Balaban J connectivity index is 2.69. The zero-order valence-electron chi connectivity index (χ0n) is 10.3. The van der Waals surface area contributed by atoms with Crippen LogP contribution in [0.3, 0.4) is 0 Å². The van der Waals surface area contributed by atoms with Crippen molar-refractivity contribution < 1.29 is 14.3 Å². The lowest BCUT2D eigenvalue weighted by atomic mass is 10.1. The van der Waals surface area contributed by atoms with E-state index in [0.29, 0.717) is 11.3 Å². The second-order valence-electron chi connectivity index (χ2n) is 4.12. The fraction of sp³-hybridized carbons (Fsp3) is 0.385. The molecule has 0 spiro atoms. The summed E-state index contributed by atoms with van der Waals surface area (Å²) in [6.07, 6.45) is 0.725. The Kier molecular flexibility index (Phi) is 4.69. The van der Waals surface area contributed by atoms with Gasteiger partial charge in [0, 0.05) is 6.04 Å². The molecule has 0 aliphatic heterocycles. The highest BCUT2D eigenvalue weighted by Gasteiger charge is 2.09. The molecular weight excluding hydrogens is 218 g/mol. The maximum Gasteiger partial charge on any atom is 0.258 e. The normalized spacial score (nSPS) is 10.1. The van der Waals surface area contributed by atoms with Gasteiger partial charge in [-0.2, -0.15) is 0 Å². The van der Waals surface area contributed by atoms with Crippen molar-refractivity contribution in [1.29, 1.82) is 0 Å². The molecule has 0 heterocycles. The molecule has 0 fully saturated rings. The second-order valence-corrected chi connectivity index (χ2v) is 4.12. The molecule has 4 heteroatoms. The van der Waals surface area contributed by atoms with E-state index < -0.39 is 0 Å². The summed E-state index contributed by atoms with van der Waals surface area (Å²) in [5.74, 6) is 0.279. The third kappa shape index (κ3) is 3.90. The molecule has 1 aromatic rings. The van der Waals surface area contributed by atoms with Crippen LogP contribution in [0.25, 0.3) is 0 Å². The van der Waals surface area contributed by atoms with Gasteiger partial charge in [-0.15, -0.1) is 0 Å². The highest BCUT2D eigenvalue weighted by molar-refractivity contribution is 5.81. The summed E-state index contributed by atoms with van der Waals surface area (Å²) in [5.41, 5.74) is 1.30. The lowest BCUT2D eigenvalue weighted by Crippen LogP contribution is -2.34. The van der Waals surface area contributed by atoms with Crippen molar-refractivity contribution in [2.24, 2.45) is 0 Å². The minimum Gasteiger partial charge on any atom is -0.483 e. The molecule has 92 valence electrons. The number of hydrogen-bond donors (Lipinski definition) is 1. The van der Waals surface area contributed by atoms with E-state index in [1.165, 1.54) is 0 Å². The molecule has 0 radical (unpaired) electrons. The van der Waals surface area contributed by atoms with Gasteiger partial charge in [0.05, 0.1) is 5.56 Å². The average molecular weight is 235 g/mol. The van der Waals surface area contributed by atoms with Gasteiger partial charge in [0.25, 0.3) is 5.91 Å². The molecule has 0 atom stereocenters. The van der Waals surface area contributed by atoms with Crippen LogP contribution < -0.4 is 10.1 Å². The van der Waals surface area contributed by atoms with Gasteiger partial charge in [0.15, 0.2) is 12.9 Å². The van der Waals surface area contributed by atoms with Crippen LogP contribution in [-0.2, 0) is 4.79 Å². The average Bonchev–Trinajstić information content (AvgIpc) is 2.26. The summed E-state index contributed by atoms with van der Waals surface area (Å²) in [6.45, 7) is 5.51. The quantitative estimate of drug-likeness (QED) is 0.790. The number of nitrogens with one attached hydrogen (secondary N) is 1. The zero-order chi connectivity index (χ0) is 12.8. The second kappa shape index (κ2) is 6.03. The van der Waals surface area contributed by atoms with E-state index in [-0.39, 0.29) is 18.6 Å². The van der Waals surface area contributed by atoms with Crippen molar-refractivity contribution in [3.63, 3.8) is 0 Å². The largest absolute Gasteiger partial charge is 0.483 e. The van der Waals surface area contributed by atoms with Crippen molar-refractivity contribution in [1.82, 2.24) is 5.32 Å². The molecule has 1 amide bonds. The number of rotatable bonds is 5. The van der Waals surface area contributed by atoms with Crippen molar-refractivity contribution in [3.8, 4) is 5.75 Å². The minimum atomic E-state index is -0.194. The molecule has 0 aliphatic rings. The van der Waals surface area contributed by atoms with Crippen LogP contribution >= 0.6 is 0 Å². The van der Waals surface area contributed by atoms with Crippen LogP contribution in [0.2, 0.25) is 0 Å². The highest BCUT2D eigenvalue weighted by atomic mass is 16.5. The maximum atomic E-state index is 11.4. The molecule has 0 aliphatic carbocycles. The third-order valence-corrected chi connectivity index (χ3v) is 2.17. The first-order chi connectivity index (χ1) is 8.04. The van der Waals surface area contributed by atoms with E-state index >= 15 is 0 Å². The summed E-state index contributed by atoms with van der Waals surface area (Å²) in [7, 11) is 0. The molecule has 0 unspecified atom stereocenters. The van der Waals surface area contributed by atoms with E-state index in [9.17, 15) is 9.59 Å². The Labute approximate surface area is 101 Å². The standard InChI is InChI=1S/C13H17NO3/c1-9(2)14-12(16)8-17-13-10(3)5-4-6-11(13)7-15/h4-7,9H,8H2,1-3H3,(H,14,16). The smallest absolute Gasteiger partial charge is 0.258 e. The van der Waals surface area contributed by atoms with Crippen molar-refractivity contribution in [2.45, 2.75) is 26.8 Å². The summed E-state index contributed by atoms with van der Waals surface area (Å²) in [4.78, 5) is 22.2. The van der Waals surface area contributed by atoms with E-state index in [1.54, 1.807) is 12.1 Å². The SMILES string of the molecule is Cc1cccc(C=O)c1OCC(=O)NC(C)C. The summed E-state index contributed by atoms with van der Waals surface area (Å²) in [5, 5.41) is 2.72. The van der Waals surface area contributed by atoms with Crippen LogP contribution in [0.1, 0.15) is 29.8 Å². The van der Waals surface area contributed by atoms with Gasteiger partial charge in [-0.1, -0.05) is 12.1 Å². The van der Waals surface area contributed by atoms with E-state index in [1.807, 2.05) is 26.8 Å². The Morgan fingerprint density at radius 2 is 2.18 bits per heavy atom. The first kappa shape index (κ1) is 13.2. The van der Waals surface area contributed by atoms with Crippen molar-refractivity contribution in [2.75, 3.05) is 6.61 Å². The van der Waals surface area contributed by atoms with E-state index in [4.69, 9.17) is 4.74 Å². The number of carbonyl (C=O) groups is 2. The van der Waals surface area contributed by atoms with Gasteiger partial charge in [0.1, 0.15) is 5.75 Å². The summed E-state index contributed by atoms with van der Waals surface area (Å²) >= 11 is 0. The number of carbonyl (C=O) groups excluding carboxylic acids is 2. The Morgan fingerprint density at radius 1 is 1.47 bits per heavy atom. The summed E-state index contributed by atoms with van der Waals surface area (Å²) in [6, 6.07) is 5.35. The first-order valence-corrected chi connectivity index (χ1v) is 5.51. The highest BCUT2D eigenvalue weighted by Crippen LogP contribution is 2.21. The number of aryl methyl sites for hydroxylation is 1. The lowest BCUT2D eigenvalue weighted by Gasteiger charge is -2.12. The Morgan fingerprint density at radius 3 is 2.76 bits per heavy atom.